The van der Waals surface area contributed by atoms with E-state index in [-0.39, 0.29) is 5.78 Å². The monoisotopic (exact) mass is 217 g/mol. The largest absolute Gasteiger partial charge is 0.492 e. The second-order valence-electron chi connectivity index (χ2n) is 3.79. The minimum absolute atomic E-state index is 0.0809. The van der Waals surface area contributed by atoms with E-state index >= 15 is 0 Å². The number of benzene rings is 1. The topological polar surface area (TPSA) is 42.1 Å². The smallest absolute Gasteiger partial charge is 0.162 e. The first kappa shape index (κ1) is 10.7. The standard InChI is InChI=1S/C13H15NO2/c1-4-16-11-7-5-6-10-12(9(3)15)8(2)14-13(10)11/h5-7,14H,4H2,1-3H3. The number of rotatable bonds is 3. The Labute approximate surface area is 94.4 Å². The molecule has 0 amide bonds. The van der Waals surface area contributed by atoms with Gasteiger partial charge in [0.25, 0.3) is 0 Å². The lowest BCUT2D eigenvalue weighted by Gasteiger charge is -2.03. The molecule has 16 heavy (non-hydrogen) atoms. The lowest BCUT2D eigenvalue weighted by atomic mass is 10.1. The van der Waals surface area contributed by atoms with Crippen molar-refractivity contribution in [3.05, 3.63) is 29.5 Å². The molecule has 2 aromatic rings. The van der Waals surface area contributed by atoms with Gasteiger partial charge in [-0.05, 0) is 26.8 Å². The molecular formula is C13H15NO2. The summed E-state index contributed by atoms with van der Waals surface area (Å²) in [6.45, 7) is 6.06. The van der Waals surface area contributed by atoms with Gasteiger partial charge >= 0.3 is 0 Å². The summed E-state index contributed by atoms with van der Waals surface area (Å²) >= 11 is 0. The van der Waals surface area contributed by atoms with Crippen molar-refractivity contribution in [3.8, 4) is 5.75 Å². The van der Waals surface area contributed by atoms with E-state index in [9.17, 15) is 4.79 Å². The molecule has 0 aliphatic rings. The van der Waals surface area contributed by atoms with Gasteiger partial charge in [-0.3, -0.25) is 4.79 Å². The van der Waals surface area contributed by atoms with Crippen LogP contribution in [0.4, 0.5) is 0 Å². The summed E-state index contributed by atoms with van der Waals surface area (Å²) in [7, 11) is 0. The first-order valence-electron chi connectivity index (χ1n) is 5.40. The fraction of sp³-hybridized carbons (Fsp3) is 0.308. The molecule has 0 aliphatic heterocycles. The summed E-state index contributed by atoms with van der Waals surface area (Å²) in [6, 6.07) is 5.76. The molecular weight excluding hydrogens is 202 g/mol. The van der Waals surface area contributed by atoms with E-state index in [0.29, 0.717) is 6.61 Å². The summed E-state index contributed by atoms with van der Waals surface area (Å²) in [5, 5.41) is 0.941. The summed E-state index contributed by atoms with van der Waals surface area (Å²) in [5.41, 5.74) is 2.57. The molecule has 0 spiro atoms. The second kappa shape index (κ2) is 4.00. The van der Waals surface area contributed by atoms with Gasteiger partial charge in [-0.25, -0.2) is 0 Å². The zero-order chi connectivity index (χ0) is 11.7. The predicted molar refractivity (Wildman–Crippen MR) is 64.2 cm³/mol. The summed E-state index contributed by atoms with van der Waals surface area (Å²) < 4.78 is 5.52. The SMILES string of the molecule is CCOc1cccc2c(C(C)=O)c(C)[nH]c12. The molecule has 0 saturated carbocycles. The predicted octanol–water partition coefficient (Wildman–Crippen LogP) is 3.08. The molecule has 0 saturated heterocycles. The van der Waals surface area contributed by atoms with Crippen LogP contribution in [0.25, 0.3) is 10.9 Å². The van der Waals surface area contributed by atoms with E-state index in [1.54, 1.807) is 6.92 Å². The Balaban J connectivity index is 2.72. The zero-order valence-electron chi connectivity index (χ0n) is 9.76. The Bertz CT molecular complexity index is 540. The van der Waals surface area contributed by atoms with Crippen LogP contribution < -0.4 is 4.74 Å². The number of ether oxygens (including phenoxy) is 1. The number of aryl methyl sites for hydroxylation is 1. The molecule has 3 nitrogen and oxygen atoms in total. The average Bonchev–Trinajstić information content (AvgIpc) is 2.55. The fourth-order valence-electron chi connectivity index (χ4n) is 2.05. The van der Waals surface area contributed by atoms with Gasteiger partial charge in [0, 0.05) is 16.6 Å². The van der Waals surface area contributed by atoms with E-state index in [1.807, 2.05) is 32.0 Å². The lowest BCUT2D eigenvalue weighted by molar-refractivity contribution is 0.101. The van der Waals surface area contributed by atoms with Crippen LogP contribution >= 0.6 is 0 Å². The highest BCUT2D eigenvalue weighted by Crippen LogP contribution is 2.29. The number of nitrogens with one attached hydrogen (secondary N) is 1. The van der Waals surface area contributed by atoms with Crippen molar-refractivity contribution in [1.29, 1.82) is 0 Å². The van der Waals surface area contributed by atoms with E-state index in [1.165, 1.54) is 0 Å². The van der Waals surface area contributed by atoms with Crippen molar-refractivity contribution >= 4 is 16.7 Å². The Morgan fingerprint density at radius 2 is 2.19 bits per heavy atom. The highest BCUT2D eigenvalue weighted by Gasteiger charge is 2.14. The molecule has 1 aromatic heterocycles. The Kier molecular flexibility index (Phi) is 2.69. The average molecular weight is 217 g/mol. The van der Waals surface area contributed by atoms with Gasteiger partial charge in [0.2, 0.25) is 0 Å². The highest BCUT2D eigenvalue weighted by atomic mass is 16.5. The van der Waals surface area contributed by atoms with Gasteiger partial charge in [-0.2, -0.15) is 0 Å². The molecule has 1 N–H and O–H groups in total. The van der Waals surface area contributed by atoms with Gasteiger partial charge < -0.3 is 9.72 Å². The second-order valence-corrected chi connectivity index (χ2v) is 3.79. The summed E-state index contributed by atoms with van der Waals surface area (Å²) in [5.74, 6) is 0.882. The lowest BCUT2D eigenvalue weighted by Crippen LogP contribution is -1.93. The van der Waals surface area contributed by atoms with Gasteiger partial charge in [0.1, 0.15) is 5.75 Å². The fourth-order valence-corrected chi connectivity index (χ4v) is 2.05. The minimum Gasteiger partial charge on any atom is -0.492 e. The third-order valence-corrected chi connectivity index (χ3v) is 2.63. The zero-order valence-corrected chi connectivity index (χ0v) is 9.76. The van der Waals surface area contributed by atoms with Crippen LogP contribution in [0.1, 0.15) is 29.9 Å². The van der Waals surface area contributed by atoms with Gasteiger partial charge in [-0.1, -0.05) is 12.1 Å². The highest BCUT2D eigenvalue weighted by molar-refractivity contribution is 6.09. The molecule has 0 fully saturated rings. The van der Waals surface area contributed by atoms with Crippen LogP contribution in [-0.4, -0.2) is 17.4 Å². The molecule has 0 radical (unpaired) electrons. The number of aromatic nitrogens is 1. The summed E-state index contributed by atoms with van der Waals surface area (Å²) in [6.07, 6.45) is 0. The maximum absolute atomic E-state index is 11.5. The molecule has 3 heteroatoms. The van der Waals surface area contributed by atoms with Crippen molar-refractivity contribution in [1.82, 2.24) is 4.98 Å². The van der Waals surface area contributed by atoms with Crippen LogP contribution in [0.2, 0.25) is 0 Å². The third kappa shape index (κ3) is 1.58. The number of hydrogen-bond donors (Lipinski definition) is 1. The van der Waals surface area contributed by atoms with Crippen molar-refractivity contribution in [2.75, 3.05) is 6.61 Å². The normalized spacial score (nSPS) is 10.7. The third-order valence-electron chi connectivity index (χ3n) is 2.63. The quantitative estimate of drug-likeness (QED) is 0.803. The van der Waals surface area contributed by atoms with Crippen molar-refractivity contribution in [2.45, 2.75) is 20.8 Å². The first-order chi connectivity index (χ1) is 7.65. The maximum atomic E-state index is 11.5. The van der Waals surface area contributed by atoms with Crippen LogP contribution in [0.5, 0.6) is 5.75 Å². The van der Waals surface area contributed by atoms with Crippen molar-refractivity contribution in [2.24, 2.45) is 0 Å². The number of H-pyrrole nitrogens is 1. The van der Waals surface area contributed by atoms with Crippen LogP contribution in [0.15, 0.2) is 18.2 Å². The molecule has 1 aromatic carbocycles. The number of Topliss-reactive ketones (excluding diaryl/α,β-unsaturated/α-hetero) is 1. The molecule has 0 bridgehead atoms. The minimum atomic E-state index is 0.0809. The molecule has 84 valence electrons. The number of carbonyl (C=O) groups excluding carboxylic acids is 1. The number of aromatic amines is 1. The van der Waals surface area contributed by atoms with E-state index in [0.717, 1.165) is 27.9 Å². The van der Waals surface area contributed by atoms with Crippen LogP contribution in [0.3, 0.4) is 0 Å². The molecule has 2 rings (SSSR count). The molecule has 1 heterocycles. The maximum Gasteiger partial charge on any atom is 0.162 e. The Hall–Kier alpha value is -1.77. The van der Waals surface area contributed by atoms with E-state index in [2.05, 4.69) is 4.98 Å². The van der Waals surface area contributed by atoms with Crippen LogP contribution in [-0.2, 0) is 0 Å². The first-order valence-corrected chi connectivity index (χ1v) is 5.40. The number of hydrogen-bond acceptors (Lipinski definition) is 2. The molecule has 0 atom stereocenters. The molecule has 0 unspecified atom stereocenters. The summed E-state index contributed by atoms with van der Waals surface area (Å²) in [4.78, 5) is 14.8. The molecule has 0 aliphatic carbocycles. The van der Waals surface area contributed by atoms with Gasteiger partial charge in [-0.15, -0.1) is 0 Å². The Morgan fingerprint density at radius 1 is 1.44 bits per heavy atom. The van der Waals surface area contributed by atoms with E-state index in [4.69, 9.17) is 4.74 Å². The number of para-hydroxylation sites is 1. The number of ketones is 1. The van der Waals surface area contributed by atoms with Crippen LogP contribution in [0, 0.1) is 6.92 Å². The van der Waals surface area contributed by atoms with Gasteiger partial charge in [0.15, 0.2) is 5.78 Å². The number of carbonyl (C=O) groups is 1. The van der Waals surface area contributed by atoms with E-state index < -0.39 is 0 Å². The van der Waals surface area contributed by atoms with Crippen molar-refractivity contribution < 1.29 is 9.53 Å². The van der Waals surface area contributed by atoms with Crippen molar-refractivity contribution in [3.63, 3.8) is 0 Å². The number of fused-ring (bicyclic) bond motifs is 1. The van der Waals surface area contributed by atoms with Gasteiger partial charge in [0.05, 0.1) is 12.1 Å². The Morgan fingerprint density at radius 3 is 2.81 bits per heavy atom.